The molecule has 0 heterocycles. The zero-order valence-corrected chi connectivity index (χ0v) is 12.1. The van der Waals surface area contributed by atoms with E-state index in [1.807, 2.05) is 0 Å². The third kappa shape index (κ3) is 13.3. The Bertz CT molecular complexity index is 214. The average molecular weight is 261 g/mol. The summed E-state index contributed by atoms with van der Waals surface area (Å²) in [6.07, 6.45) is 1.73. The van der Waals surface area contributed by atoms with Crippen molar-refractivity contribution in [2.45, 2.75) is 46.1 Å². The van der Waals surface area contributed by atoms with Gasteiger partial charge < -0.3 is 19.5 Å². The monoisotopic (exact) mass is 261 g/mol. The number of hydrogen-bond donors (Lipinski definition) is 1. The molecule has 0 unspecified atom stereocenters. The molecule has 0 aromatic heterocycles. The first kappa shape index (κ1) is 17.2. The van der Waals surface area contributed by atoms with Crippen LogP contribution in [0.1, 0.15) is 40.5 Å². The smallest absolute Gasteiger partial charge is 0.432 e. The molecule has 0 rings (SSSR count). The summed E-state index contributed by atoms with van der Waals surface area (Å²) in [7, 11) is 0. The van der Waals surface area contributed by atoms with Crippen LogP contribution < -0.4 is 5.32 Å². The maximum Gasteiger partial charge on any atom is 0.508 e. The van der Waals surface area contributed by atoms with E-state index in [1.165, 1.54) is 12.8 Å². The molecule has 0 aliphatic heterocycles. The fraction of sp³-hybridized carbons (Fsp3) is 0.923. The molecule has 5 heteroatoms. The largest absolute Gasteiger partial charge is 0.508 e. The van der Waals surface area contributed by atoms with Gasteiger partial charge in [0.15, 0.2) is 0 Å². The van der Waals surface area contributed by atoms with E-state index in [1.54, 1.807) is 20.8 Å². The lowest BCUT2D eigenvalue weighted by Gasteiger charge is -2.18. The van der Waals surface area contributed by atoms with Crippen LogP contribution in [0.4, 0.5) is 4.79 Å². The van der Waals surface area contributed by atoms with Crippen molar-refractivity contribution in [3.63, 3.8) is 0 Å². The van der Waals surface area contributed by atoms with Crippen molar-refractivity contribution in [2.75, 3.05) is 32.9 Å². The first-order chi connectivity index (χ1) is 8.45. The lowest BCUT2D eigenvalue weighted by Crippen LogP contribution is -2.26. The van der Waals surface area contributed by atoms with Crippen LogP contribution in [0.25, 0.3) is 0 Å². The van der Waals surface area contributed by atoms with E-state index in [4.69, 9.17) is 14.2 Å². The van der Waals surface area contributed by atoms with Crippen LogP contribution in [-0.2, 0) is 14.2 Å². The van der Waals surface area contributed by atoms with Gasteiger partial charge in [0.1, 0.15) is 12.2 Å². The Morgan fingerprint density at radius 3 is 2.44 bits per heavy atom. The average Bonchev–Trinajstić information content (AvgIpc) is 2.24. The van der Waals surface area contributed by atoms with Gasteiger partial charge >= 0.3 is 6.16 Å². The Morgan fingerprint density at radius 1 is 1.11 bits per heavy atom. The Kier molecular flexibility index (Phi) is 9.69. The molecule has 0 spiro atoms. The number of rotatable bonds is 9. The standard InChI is InChI=1S/C13H27NO4/c1-5-6-7-14-8-9-16-10-11-17-12(15)18-13(2,3)4/h14H,5-11H2,1-4H3. The molecule has 0 radical (unpaired) electrons. The van der Waals surface area contributed by atoms with E-state index >= 15 is 0 Å². The predicted octanol–water partition coefficient (Wildman–Crippen LogP) is 2.34. The summed E-state index contributed by atoms with van der Waals surface area (Å²) in [5.41, 5.74) is -0.513. The minimum atomic E-state index is -0.646. The van der Waals surface area contributed by atoms with Crippen LogP contribution in [0.15, 0.2) is 0 Å². The minimum Gasteiger partial charge on any atom is -0.432 e. The normalized spacial score (nSPS) is 11.3. The van der Waals surface area contributed by atoms with E-state index in [0.717, 1.165) is 13.1 Å². The molecular formula is C13H27NO4. The van der Waals surface area contributed by atoms with Gasteiger partial charge in [-0.15, -0.1) is 0 Å². The molecule has 0 saturated carbocycles. The summed E-state index contributed by atoms with van der Waals surface area (Å²) < 4.78 is 15.1. The highest BCUT2D eigenvalue weighted by atomic mass is 16.7. The summed E-state index contributed by atoms with van der Waals surface area (Å²) >= 11 is 0. The number of hydrogen-bond acceptors (Lipinski definition) is 5. The van der Waals surface area contributed by atoms with Gasteiger partial charge in [0.05, 0.1) is 13.2 Å². The highest BCUT2D eigenvalue weighted by Gasteiger charge is 2.16. The quantitative estimate of drug-likeness (QED) is 0.510. The topological polar surface area (TPSA) is 56.8 Å². The molecule has 0 aromatic rings. The molecule has 18 heavy (non-hydrogen) atoms. The Labute approximate surface area is 110 Å². The molecule has 5 nitrogen and oxygen atoms in total. The zero-order valence-electron chi connectivity index (χ0n) is 12.1. The maximum absolute atomic E-state index is 11.2. The molecule has 0 aliphatic carbocycles. The second-order valence-corrected chi connectivity index (χ2v) is 5.03. The van der Waals surface area contributed by atoms with Crippen molar-refractivity contribution in [3.05, 3.63) is 0 Å². The minimum absolute atomic E-state index is 0.226. The van der Waals surface area contributed by atoms with Gasteiger partial charge in [-0.05, 0) is 33.7 Å². The van der Waals surface area contributed by atoms with Gasteiger partial charge in [-0.3, -0.25) is 0 Å². The van der Waals surface area contributed by atoms with Crippen LogP contribution in [0.5, 0.6) is 0 Å². The molecular weight excluding hydrogens is 234 g/mol. The lowest BCUT2D eigenvalue weighted by molar-refractivity contribution is -0.0185. The molecule has 0 fully saturated rings. The summed E-state index contributed by atoms with van der Waals surface area (Å²) in [4.78, 5) is 11.2. The van der Waals surface area contributed by atoms with E-state index in [9.17, 15) is 4.79 Å². The molecule has 0 aromatic carbocycles. The number of carbonyl (C=O) groups excluding carboxylic acids is 1. The SMILES string of the molecule is CCCCNCCOCCOC(=O)OC(C)(C)C. The van der Waals surface area contributed by atoms with E-state index < -0.39 is 11.8 Å². The van der Waals surface area contributed by atoms with Crippen LogP contribution >= 0.6 is 0 Å². The third-order valence-electron chi connectivity index (χ3n) is 1.97. The van der Waals surface area contributed by atoms with Gasteiger partial charge in [0.25, 0.3) is 0 Å². The zero-order chi connectivity index (χ0) is 13.9. The Morgan fingerprint density at radius 2 is 1.83 bits per heavy atom. The Hall–Kier alpha value is -0.810. The molecule has 0 aliphatic rings. The molecule has 0 amide bonds. The molecule has 0 bridgehead atoms. The van der Waals surface area contributed by atoms with Gasteiger partial charge in [-0.25, -0.2) is 4.79 Å². The Balaban J connectivity index is 3.23. The molecule has 1 N–H and O–H groups in total. The van der Waals surface area contributed by atoms with E-state index in [-0.39, 0.29) is 6.61 Å². The summed E-state index contributed by atoms with van der Waals surface area (Å²) in [6.45, 7) is 10.7. The molecule has 0 saturated heterocycles. The van der Waals surface area contributed by atoms with Gasteiger partial charge in [-0.2, -0.15) is 0 Å². The van der Waals surface area contributed by atoms with Gasteiger partial charge in [0.2, 0.25) is 0 Å². The third-order valence-corrected chi connectivity index (χ3v) is 1.97. The first-order valence-electron chi connectivity index (χ1n) is 6.60. The van der Waals surface area contributed by atoms with Crippen LogP contribution in [0.3, 0.4) is 0 Å². The van der Waals surface area contributed by atoms with Crippen LogP contribution in [-0.4, -0.2) is 44.7 Å². The van der Waals surface area contributed by atoms with Crippen LogP contribution in [0, 0.1) is 0 Å². The van der Waals surface area contributed by atoms with Crippen LogP contribution in [0.2, 0.25) is 0 Å². The van der Waals surface area contributed by atoms with Crippen molar-refractivity contribution in [1.82, 2.24) is 5.32 Å². The highest BCUT2D eigenvalue weighted by molar-refractivity contribution is 5.60. The number of unbranched alkanes of at least 4 members (excludes halogenated alkanes) is 1. The van der Waals surface area contributed by atoms with Gasteiger partial charge in [-0.1, -0.05) is 13.3 Å². The maximum atomic E-state index is 11.2. The number of nitrogens with one attached hydrogen (secondary N) is 1. The second kappa shape index (κ2) is 10.1. The summed E-state index contributed by atoms with van der Waals surface area (Å²) in [6, 6.07) is 0. The molecule has 108 valence electrons. The second-order valence-electron chi connectivity index (χ2n) is 5.03. The fourth-order valence-electron chi connectivity index (χ4n) is 1.14. The fourth-order valence-corrected chi connectivity index (χ4v) is 1.14. The first-order valence-corrected chi connectivity index (χ1v) is 6.60. The predicted molar refractivity (Wildman–Crippen MR) is 70.8 cm³/mol. The highest BCUT2D eigenvalue weighted by Crippen LogP contribution is 2.07. The summed E-state index contributed by atoms with van der Waals surface area (Å²) in [5.74, 6) is 0. The van der Waals surface area contributed by atoms with Crippen molar-refractivity contribution in [1.29, 1.82) is 0 Å². The number of ether oxygens (including phenoxy) is 3. The van der Waals surface area contributed by atoms with Crippen molar-refractivity contribution >= 4 is 6.16 Å². The molecule has 0 atom stereocenters. The van der Waals surface area contributed by atoms with Gasteiger partial charge in [0, 0.05) is 6.54 Å². The number of carbonyl (C=O) groups is 1. The van der Waals surface area contributed by atoms with Crippen molar-refractivity contribution in [3.8, 4) is 0 Å². The lowest BCUT2D eigenvalue weighted by atomic mass is 10.2. The summed E-state index contributed by atoms with van der Waals surface area (Å²) in [5, 5.41) is 3.26. The van der Waals surface area contributed by atoms with Crippen molar-refractivity contribution in [2.24, 2.45) is 0 Å². The van der Waals surface area contributed by atoms with Crippen molar-refractivity contribution < 1.29 is 19.0 Å². The van der Waals surface area contributed by atoms with E-state index in [0.29, 0.717) is 13.2 Å². The van der Waals surface area contributed by atoms with E-state index in [2.05, 4.69) is 12.2 Å².